The number of hydrogen-bond donors (Lipinski definition) is 5. The van der Waals surface area contributed by atoms with Gasteiger partial charge in [0.05, 0.1) is 182 Å². The van der Waals surface area contributed by atoms with Crippen LogP contribution in [0.3, 0.4) is 0 Å². The molecule has 8 aliphatic heterocycles. The first-order valence-electron chi connectivity index (χ1n) is 44.7. The molecule has 8 aliphatic rings. The van der Waals surface area contributed by atoms with Crippen molar-refractivity contribution < 1.29 is 46.1 Å². The number of piperazine rings is 1. The number of ether oxygens (including phenoxy) is 5. The van der Waals surface area contributed by atoms with Crippen molar-refractivity contribution in [2.24, 2.45) is 0 Å². The second-order valence-electron chi connectivity index (χ2n) is 37.6. The van der Waals surface area contributed by atoms with Gasteiger partial charge in [-0.25, -0.2) is 0 Å². The van der Waals surface area contributed by atoms with Gasteiger partial charge in [-0.05, 0) is 166 Å². The van der Waals surface area contributed by atoms with Crippen LogP contribution in [0.1, 0.15) is 105 Å². The Bertz CT molecular complexity index is 3600. The predicted molar refractivity (Wildman–Crippen MR) is 487 cm³/mol. The largest absolute Gasteiger partial charge is 0.399 e. The van der Waals surface area contributed by atoms with Gasteiger partial charge in [-0.3, -0.25) is 4.90 Å². The number of nitrogens with two attached hydrogens (primary N) is 5. The first kappa shape index (κ1) is 92.5. The Labute approximate surface area is 697 Å². The molecule has 0 saturated carbocycles. The normalized spacial score (nSPS) is 18.2. The van der Waals surface area contributed by atoms with E-state index < -0.39 is 0 Å². The van der Waals surface area contributed by atoms with Gasteiger partial charge in [0.25, 0.3) is 0 Å². The zero-order valence-electron chi connectivity index (χ0n) is 74.2. The van der Waals surface area contributed by atoms with E-state index >= 15 is 0 Å². The van der Waals surface area contributed by atoms with Crippen LogP contribution in [0.4, 0.5) is 56.9 Å². The third-order valence-corrected chi connectivity index (χ3v) is 24.9. The van der Waals surface area contributed by atoms with E-state index in [9.17, 15) is 0 Å². The number of likely N-dealkylation sites (tertiary alicyclic amines) is 1. The molecule has 8 heterocycles. The maximum absolute atomic E-state index is 5.97. The van der Waals surface area contributed by atoms with Crippen molar-refractivity contribution in [2.45, 2.75) is 109 Å². The number of morpholine rings is 1. The number of quaternary nitrogens is 5. The molecule has 115 heavy (non-hydrogen) atoms. The molecule has 0 radical (unpaired) electrons. The van der Waals surface area contributed by atoms with Crippen molar-refractivity contribution in [1.82, 2.24) is 9.80 Å². The van der Waals surface area contributed by atoms with Crippen molar-refractivity contribution in [3.05, 3.63) is 119 Å². The van der Waals surface area contributed by atoms with Gasteiger partial charge in [-0.1, -0.05) is 30.3 Å². The molecule has 5 aromatic rings. The van der Waals surface area contributed by atoms with Crippen molar-refractivity contribution in [1.29, 1.82) is 0 Å². The molecule has 13 rings (SSSR count). The van der Waals surface area contributed by atoms with E-state index in [0.29, 0.717) is 0 Å². The first-order chi connectivity index (χ1) is 55.2. The Kier molecular flexibility index (Phi) is 37.7. The third kappa shape index (κ3) is 33.0. The summed E-state index contributed by atoms with van der Waals surface area (Å²) in [5.74, 6) is 0. The molecule has 0 aliphatic carbocycles. The van der Waals surface area contributed by atoms with Gasteiger partial charge in [-0.2, -0.15) is 0 Å². The number of rotatable bonds is 35. The summed E-state index contributed by atoms with van der Waals surface area (Å²) in [6.07, 6.45) is 20.6. The molecule has 0 aromatic heterocycles. The molecule has 22 nitrogen and oxygen atoms in total. The van der Waals surface area contributed by atoms with Gasteiger partial charge >= 0.3 is 0 Å². The highest BCUT2D eigenvalue weighted by Gasteiger charge is 2.29. The average molecular weight is 1600 g/mol. The lowest BCUT2D eigenvalue weighted by Crippen LogP contribution is -2.54. The lowest BCUT2D eigenvalue weighted by Gasteiger charge is -2.39. The van der Waals surface area contributed by atoms with E-state index in [2.05, 4.69) is 172 Å². The van der Waals surface area contributed by atoms with E-state index in [1.54, 1.807) is 0 Å². The maximum Gasteiger partial charge on any atom is 0.102 e. The summed E-state index contributed by atoms with van der Waals surface area (Å²) in [7, 11) is 25.0. The number of hydrogen-bond acceptors (Lipinski definition) is 17. The molecule has 3 saturated heterocycles. The Balaban J connectivity index is 0.000000165. The van der Waals surface area contributed by atoms with Gasteiger partial charge < -0.3 is 104 Å². The zero-order valence-corrected chi connectivity index (χ0v) is 74.2. The maximum atomic E-state index is 5.97. The first-order valence-corrected chi connectivity index (χ1v) is 44.7. The smallest absolute Gasteiger partial charge is 0.102 e. The Morgan fingerprint density at radius 3 is 1.01 bits per heavy atom. The van der Waals surface area contributed by atoms with Crippen molar-refractivity contribution >= 4 is 56.9 Å². The summed E-state index contributed by atoms with van der Waals surface area (Å²) in [4.78, 5) is 17.2. The van der Waals surface area contributed by atoms with Crippen molar-refractivity contribution in [2.75, 3.05) is 360 Å². The minimum absolute atomic E-state index is 0.793. The van der Waals surface area contributed by atoms with E-state index in [-0.39, 0.29) is 0 Å². The molecule has 5 aromatic carbocycles. The van der Waals surface area contributed by atoms with Crippen LogP contribution in [0.25, 0.3) is 0 Å². The summed E-state index contributed by atoms with van der Waals surface area (Å²) >= 11 is 0. The van der Waals surface area contributed by atoms with Gasteiger partial charge in [0.15, 0.2) is 0 Å². The Hall–Kier alpha value is -6.38. The number of nitrogens with zero attached hydrogens (tertiary/aromatic N) is 12. The third-order valence-electron chi connectivity index (χ3n) is 24.9. The fourth-order valence-electron chi connectivity index (χ4n) is 17.6. The van der Waals surface area contributed by atoms with Gasteiger partial charge in [-0.15, -0.1) is 0 Å². The SMILES string of the molecule is CN(CCC[N+](C)(C)C)CCN1CCCc2ccc(N)cc21.C[N+](C)(C)CCCOCCN1CCCc2ccc(N)cc21.C[N+]1(C)CCN(CCCOCCN2CCCc3ccc(N)cc32)CC1.C[N+]1(CCCOCCN2CCCc3ccc(N)cc32)CCCC1.C[N+]1(CCCOCCN2CCCc3ccc(N)cc32)CCOCC1. The highest BCUT2D eigenvalue weighted by atomic mass is 16.5. The van der Waals surface area contributed by atoms with Crippen LogP contribution in [0.15, 0.2) is 91.0 Å². The van der Waals surface area contributed by atoms with Crippen molar-refractivity contribution in [3.63, 3.8) is 0 Å². The highest BCUT2D eigenvalue weighted by Crippen LogP contribution is 2.34. The van der Waals surface area contributed by atoms with E-state index in [4.69, 9.17) is 52.4 Å². The minimum Gasteiger partial charge on any atom is -0.399 e. The number of aryl methyl sites for hydroxylation is 5. The van der Waals surface area contributed by atoms with Crippen LogP contribution >= 0.6 is 0 Å². The highest BCUT2D eigenvalue weighted by molar-refractivity contribution is 5.66. The molecule has 0 spiro atoms. The summed E-state index contributed by atoms with van der Waals surface area (Å²) in [6.45, 7) is 37.3. The summed E-state index contributed by atoms with van der Waals surface area (Å²) in [5.41, 5.74) is 47.8. The fraction of sp³-hybridized carbons (Fsp3) is 0.677. The van der Waals surface area contributed by atoms with Crippen LogP contribution in [-0.2, 0) is 55.8 Å². The number of benzene rings is 5. The van der Waals surface area contributed by atoms with Crippen LogP contribution < -0.4 is 53.2 Å². The number of anilines is 10. The van der Waals surface area contributed by atoms with E-state index in [1.807, 2.05) is 30.3 Å². The molecular formula is C93H162N17O5+5. The Morgan fingerprint density at radius 1 is 0.348 bits per heavy atom. The second kappa shape index (κ2) is 46.8. The molecule has 0 amide bonds. The minimum atomic E-state index is 0.793. The number of nitrogen functional groups attached to an aromatic ring is 5. The van der Waals surface area contributed by atoms with Crippen LogP contribution in [0, 0.1) is 0 Å². The molecule has 644 valence electrons. The van der Waals surface area contributed by atoms with Crippen LogP contribution in [0.5, 0.6) is 0 Å². The fourth-order valence-corrected chi connectivity index (χ4v) is 17.6. The monoisotopic (exact) mass is 1600 g/mol. The summed E-state index contributed by atoms with van der Waals surface area (Å²) in [6, 6.07) is 31.5. The topological polar surface area (TPSA) is 199 Å². The summed E-state index contributed by atoms with van der Waals surface area (Å²) < 4.78 is 34.6. The molecule has 0 unspecified atom stereocenters. The lowest BCUT2D eigenvalue weighted by molar-refractivity contribution is -0.917. The van der Waals surface area contributed by atoms with Gasteiger partial charge in [0.2, 0.25) is 0 Å². The zero-order chi connectivity index (χ0) is 82.1. The van der Waals surface area contributed by atoms with Crippen LogP contribution in [0.2, 0.25) is 0 Å². The summed E-state index contributed by atoms with van der Waals surface area (Å²) in [5, 5.41) is 0. The van der Waals surface area contributed by atoms with Crippen LogP contribution in [-0.4, -0.2) is 339 Å². The predicted octanol–water partition coefficient (Wildman–Crippen LogP) is 10.6. The second-order valence-corrected chi connectivity index (χ2v) is 37.6. The van der Waals surface area contributed by atoms with Gasteiger partial charge in [0.1, 0.15) is 13.1 Å². The van der Waals surface area contributed by atoms with Gasteiger partial charge in [0, 0.05) is 200 Å². The molecule has 3 fully saturated rings. The average Bonchev–Trinajstić information content (AvgIpc) is 1.74. The number of likely N-dealkylation sites (N-methyl/N-ethyl adjacent to an activating group) is 3. The number of fused-ring (bicyclic) bond motifs is 5. The standard InChI is InChI=1S/C20H35N4O.C19H32N3O2.C19H32N3O.C18H33N4.C17H30N3O/c1-24(2)13-10-22(11-14-24)8-4-15-25-16-12-23-9-3-5-18-6-7-19(21)17-20(18)23;1-22(10-14-24-15-11-22)9-3-12-23-13-8-21-7-2-4-17-5-6-18(20)16-19(17)21;1-22(11-2-3-12-22)13-5-14-23-15-10-21-9-4-6-17-7-8-18(20)16-19(17)21;1-20(10-6-14-22(2,3)4)12-13-21-11-5-7-16-8-9-17(19)15-18(16)21;1-20(2,3)11-5-12-21-13-10-19-9-4-6-15-7-8-16(18)14-17(15)19/h6-7,17H,3-5,8-16,21H2,1-2H3;5-6,16H,2-4,7-15,20H2,1H3;7-8,16H,2-6,9-15,20H2,1H3;8-9,15H,5-7,10-14,19H2,1-4H3;7-8,14H,4-6,9-13,18H2,1-3H3/q5*+1. The molecule has 0 atom stereocenters. The lowest BCUT2D eigenvalue weighted by atomic mass is 10.0. The van der Waals surface area contributed by atoms with E-state index in [1.165, 1.54) is 210 Å². The molecule has 0 bridgehead atoms. The van der Waals surface area contributed by atoms with Crippen molar-refractivity contribution in [3.8, 4) is 0 Å². The molecule has 22 heteroatoms. The quantitative estimate of drug-likeness (QED) is 0.0146. The molecular weight excluding hydrogens is 1440 g/mol. The Morgan fingerprint density at radius 2 is 0.661 bits per heavy atom. The van der Waals surface area contributed by atoms with E-state index in [0.717, 1.165) is 236 Å². The molecule has 10 N–H and O–H groups in total.